The van der Waals surface area contributed by atoms with E-state index in [0.717, 1.165) is 13.0 Å². The summed E-state index contributed by atoms with van der Waals surface area (Å²) in [7, 11) is 1.97. The van der Waals surface area contributed by atoms with Gasteiger partial charge in [-0.3, -0.25) is 9.67 Å². The van der Waals surface area contributed by atoms with E-state index in [1.807, 2.05) is 24.0 Å². The molecule has 0 spiro atoms. The van der Waals surface area contributed by atoms with E-state index in [2.05, 4.69) is 41.5 Å². The second-order valence-corrected chi connectivity index (χ2v) is 4.52. The molecule has 18 heavy (non-hydrogen) atoms. The first-order chi connectivity index (χ1) is 8.70. The van der Waals surface area contributed by atoms with Gasteiger partial charge in [0.25, 0.3) is 0 Å². The highest BCUT2D eigenvalue weighted by Crippen LogP contribution is 2.13. The van der Waals surface area contributed by atoms with Gasteiger partial charge in [-0.1, -0.05) is 13.0 Å². The van der Waals surface area contributed by atoms with Crippen molar-refractivity contribution >= 4 is 0 Å². The maximum atomic E-state index is 4.44. The van der Waals surface area contributed by atoms with Crippen molar-refractivity contribution in [3.8, 4) is 0 Å². The van der Waals surface area contributed by atoms with Crippen LogP contribution in [0.4, 0.5) is 0 Å². The van der Waals surface area contributed by atoms with E-state index in [-0.39, 0.29) is 0 Å². The number of nitrogens with one attached hydrogen (secondary N) is 1. The molecule has 0 unspecified atom stereocenters. The van der Waals surface area contributed by atoms with Gasteiger partial charge in [-0.2, -0.15) is 5.10 Å². The number of hydrogen-bond acceptors (Lipinski definition) is 3. The fourth-order valence-corrected chi connectivity index (χ4v) is 2.04. The van der Waals surface area contributed by atoms with Gasteiger partial charge in [-0.05, 0) is 25.0 Å². The van der Waals surface area contributed by atoms with Crippen molar-refractivity contribution in [1.82, 2.24) is 20.1 Å². The Morgan fingerprint density at radius 2 is 2.28 bits per heavy atom. The summed E-state index contributed by atoms with van der Waals surface area (Å²) in [5, 5.41) is 7.95. The van der Waals surface area contributed by atoms with E-state index in [9.17, 15) is 0 Å². The van der Waals surface area contributed by atoms with E-state index in [1.54, 1.807) is 6.20 Å². The molecule has 2 aromatic rings. The molecule has 4 nitrogen and oxygen atoms in total. The van der Waals surface area contributed by atoms with Crippen LogP contribution >= 0.6 is 0 Å². The Labute approximate surface area is 108 Å². The van der Waals surface area contributed by atoms with E-state index in [0.29, 0.717) is 6.04 Å². The molecule has 0 aliphatic heterocycles. The van der Waals surface area contributed by atoms with Gasteiger partial charge in [0.2, 0.25) is 0 Å². The molecule has 0 radical (unpaired) electrons. The summed E-state index contributed by atoms with van der Waals surface area (Å²) in [5.41, 5.74) is 3.65. The lowest BCUT2D eigenvalue weighted by molar-refractivity contribution is 0.571. The summed E-state index contributed by atoms with van der Waals surface area (Å²) >= 11 is 0. The van der Waals surface area contributed by atoms with E-state index >= 15 is 0 Å². The second kappa shape index (κ2) is 5.78. The van der Waals surface area contributed by atoms with Crippen molar-refractivity contribution in [3.05, 3.63) is 47.5 Å². The quantitative estimate of drug-likeness (QED) is 0.877. The highest BCUT2D eigenvalue weighted by Gasteiger charge is 2.08. The largest absolute Gasteiger partial charge is 0.306 e. The lowest BCUT2D eigenvalue weighted by atomic mass is 10.1. The van der Waals surface area contributed by atoms with Crippen LogP contribution in [0.5, 0.6) is 0 Å². The number of hydrogen-bond donors (Lipinski definition) is 1. The maximum absolute atomic E-state index is 4.44. The van der Waals surface area contributed by atoms with Crippen LogP contribution in [0.1, 0.15) is 36.7 Å². The monoisotopic (exact) mass is 244 g/mol. The van der Waals surface area contributed by atoms with E-state index < -0.39 is 0 Å². The molecule has 2 aromatic heterocycles. The average Bonchev–Trinajstić information content (AvgIpc) is 2.77. The molecule has 4 heteroatoms. The maximum Gasteiger partial charge on any atom is 0.0666 e. The molecule has 96 valence electrons. The minimum absolute atomic E-state index is 0.295. The molecule has 0 saturated carbocycles. The lowest BCUT2D eigenvalue weighted by Gasteiger charge is -2.13. The molecule has 1 N–H and O–H groups in total. The van der Waals surface area contributed by atoms with Crippen molar-refractivity contribution in [2.24, 2.45) is 7.05 Å². The molecule has 0 aliphatic carbocycles. The Hall–Kier alpha value is -1.68. The average molecular weight is 244 g/mol. The first-order valence-electron chi connectivity index (χ1n) is 6.35. The summed E-state index contributed by atoms with van der Waals surface area (Å²) in [4.78, 5) is 4.14. The predicted octanol–water partition coefficient (Wildman–Crippen LogP) is 2.23. The van der Waals surface area contributed by atoms with Crippen molar-refractivity contribution in [2.75, 3.05) is 0 Å². The van der Waals surface area contributed by atoms with Crippen molar-refractivity contribution < 1.29 is 0 Å². The zero-order chi connectivity index (χ0) is 13.0. The standard InChI is InChI=1S/C14H20N4/c1-4-14-13(10-18(3)17-14)9-16-11(2)12-6-5-7-15-8-12/h5-8,10-11,16H,4,9H2,1-3H3/t11-/m1/s1. The van der Waals surface area contributed by atoms with Gasteiger partial charge in [0, 0.05) is 43.8 Å². The number of rotatable bonds is 5. The number of nitrogens with zero attached hydrogens (tertiary/aromatic N) is 3. The molecule has 0 saturated heterocycles. The zero-order valence-electron chi connectivity index (χ0n) is 11.2. The normalized spacial score (nSPS) is 12.6. The lowest BCUT2D eigenvalue weighted by Crippen LogP contribution is -2.18. The SMILES string of the molecule is CCc1nn(C)cc1CN[C@H](C)c1cccnc1. The van der Waals surface area contributed by atoms with Crippen LogP contribution in [0.3, 0.4) is 0 Å². The first kappa shape index (κ1) is 12.8. The Bertz CT molecular complexity index is 490. The third-order valence-electron chi connectivity index (χ3n) is 3.11. The van der Waals surface area contributed by atoms with Crippen molar-refractivity contribution in [1.29, 1.82) is 0 Å². The van der Waals surface area contributed by atoms with Gasteiger partial charge in [-0.25, -0.2) is 0 Å². The highest BCUT2D eigenvalue weighted by atomic mass is 15.3. The molecule has 0 aliphatic rings. The minimum Gasteiger partial charge on any atom is -0.306 e. The van der Waals surface area contributed by atoms with Gasteiger partial charge in [0.15, 0.2) is 0 Å². The third kappa shape index (κ3) is 2.96. The summed E-state index contributed by atoms with van der Waals surface area (Å²) in [6.07, 6.45) is 6.76. The first-order valence-corrected chi connectivity index (χ1v) is 6.35. The van der Waals surface area contributed by atoms with Crippen molar-refractivity contribution in [3.63, 3.8) is 0 Å². The van der Waals surface area contributed by atoms with Crippen LogP contribution in [0, 0.1) is 0 Å². The number of pyridine rings is 1. The van der Waals surface area contributed by atoms with Crippen molar-refractivity contribution in [2.45, 2.75) is 32.9 Å². The van der Waals surface area contributed by atoms with Crippen LogP contribution in [-0.4, -0.2) is 14.8 Å². The van der Waals surface area contributed by atoms with Crippen LogP contribution in [0.15, 0.2) is 30.7 Å². The Morgan fingerprint density at radius 3 is 2.94 bits per heavy atom. The Balaban J connectivity index is 1.99. The summed E-state index contributed by atoms with van der Waals surface area (Å²) in [5.74, 6) is 0. The van der Waals surface area contributed by atoms with Gasteiger partial charge in [0.1, 0.15) is 0 Å². The second-order valence-electron chi connectivity index (χ2n) is 4.52. The van der Waals surface area contributed by atoms with E-state index in [1.165, 1.54) is 16.8 Å². The fourth-order valence-electron chi connectivity index (χ4n) is 2.04. The van der Waals surface area contributed by atoms with Gasteiger partial charge in [-0.15, -0.1) is 0 Å². The minimum atomic E-state index is 0.295. The molecule has 2 heterocycles. The molecular formula is C14H20N4. The number of aromatic nitrogens is 3. The predicted molar refractivity (Wildman–Crippen MR) is 72.1 cm³/mol. The summed E-state index contributed by atoms with van der Waals surface area (Å²) in [6.45, 7) is 5.13. The topological polar surface area (TPSA) is 42.7 Å². The molecule has 0 fully saturated rings. The Morgan fingerprint density at radius 1 is 1.44 bits per heavy atom. The van der Waals surface area contributed by atoms with Crippen LogP contribution in [0.2, 0.25) is 0 Å². The summed E-state index contributed by atoms with van der Waals surface area (Å²) in [6, 6.07) is 4.35. The highest BCUT2D eigenvalue weighted by molar-refractivity contribution is 5.18. The molecule has 0 aromatic carbocycles. The third-order valence-corrected chi connectivity index (χ3v) is 3.11. The van der Waals surface area contributed by atoms with Gasteiger partial charge < -0.3 is 5.32 Å². The molecule has 0 bridgehead atoms. The van der Waals surface area contributed by atoms with Gasteiger partial charge >= 0.3 is 0 Å². The van der Waals surface area contributed by atoms with E-state index in [4.69, 9.17) is 0 Å². The number of aryl methyl sites for hydroxylation is 2. The fraction of sp³-hybridized carbons (Fsp3) is 0.429. The molecule has 2 rings (SSSR count). The smallest absolute Gasteiger partial charge is 0.0666 e. The summed E-state index contributed by atoms with van der Waals surface area (Å²) < 4.78 is 1.88. The Kier molecular flexibility index (Phi) is 4.10. The van der Waals surface area contributed by atoms with Crippen LogP contribution in [0.25, 0.3) is 0 Å². The van der Waals surface area contributed by atoms with Crippen LogP contribution in [-0.2, 0) is 20.0 Å². The zero-order valence-corrected chi connectivity index (χ0v) is 11.2. The molecular weight excluding hydrogens is 224 g/mol. The molecule has 1 atom stereocenters. The van der Waals surface area contributed by atoms with Gasteiger partial charge in [0.05, 0.1) is 5.69 Å². The van der Waals surface area contributed by atoms with Crippen LogP contribution < -0.4 is 5.32 Å². The molecule has 0 amide bonds.